The lowest BCUT2D eigenvalue weighted by Crippen LogP contribution is -2.40. The van der Waals surface area contributed by atoms with Crippen LogP contribution in [0.25, 0.3) is 0 Å². The Labute approximate surface area is 125 Å². The summed E-state index contributed by atoms with van der Waals surface area (Å²) in [6.07, 6.45) is -3.76. The first kappa shape index (κ1) is 16.4. The molecule has 21 heavy (non-hydrogen) atoms. The third kappa shape index (κ3) is 3.61. The van der Waals surface area contributed by atoms with Crippen LogP contribution in [0.2, 0.25) is 5.02 Å². The highest BCUT2D eigenvalue weighted by molar-refractivity contribution is 7.89. The van der Waals surface area contributed by atoms with Gasteiger partial charge >= 0.3 is 6.18 Å². The van der Waals surface area contributed by atoms with Crippen LogP contribution in [0.3, 0.4) is 0 Å². The lowest BCUT2D eigenvalue weighted by Gasteiger charge is -2.23. The summed E-state index contributed by atoms with van der Waals surface area (Å²) >= 11 is 5.87. The van der Waals surface area contributed by atoms with Gasteiger partial charge in [0.2, 0.25) is 10.0 Å². The second-order valence-electron chi connectivity index (χ2n) is 5.02. The van der Waals surface area contributed by atoms with E-state index in [0.717, 1.165) is 12.1 Å². The minimum absolute atomic E-state index is 0.108. The zero-order valence-electron chi connectivity index (χ0n) is 11.1. The van der Waals surface area contributed by atoms with E-state index in [1.807, 2.05) is 0 Å². The first-order chi connectivity index (χ1) is 9.52. The highest BCUT2D eigenvalue weighted by Crippen LogP contribution is 2.36. The van der Waals surface area contributed by atoms with Crippen molar-refractivity contribution in [3.05, 3.63) is 22.7 Å². The lowest BCUT2D eigenvalue weighted by molar-refractivity contribution is -0.137. The maximum atomic E-state index is 12.6. The Morgan fingerprint density at radius 3 is 2.38 bits per heavy atom. The Kier molecular flexibility index (Phi) is 4.16. The van der Waals surface area contributed by atoms with Gasteiger partial charge in [-0.2, -0.15) is 17.5 Å². The maximum Gasteiger partial charge on any atom is 0.402 e. The van der Waals surface area contributed by atoms with Gasteiger partial charge in [0.05, 0.1) is 4.90 Å². The Morgan fingerprint density at radius 2 is 1.95 bits per heavy atom. The predicted molar refractivity (Wildman–Crippen MR) is 73.6 cm³/mol. The number of alkyl halides is 3. The average molecular weight is 343 g/mol. The van der Waals surface area contributed by atoms with Gasteiger partial charge < -0.3 is 5.73 Å². The summed E-state index contributed by atoms with van der Waals surface area (Å²) in [5.74, 6) is 0. The van der Waals surface area contributed by atoms with Crippen molar-refractivity contribution in [2.24, 2.45) is 0 Å². The van der Waals surface area contributed by atoms with Gasteiger partial charge in [-0.15, -0.1) is 0 Å². The van der Waals surface area contributed by atoms with Crippen molar-refractivity contribution in [3.63, 3.8) is 0 Å². The van der Waals surface area contributed by atoms with E-state index in [9.17, 15) is 21.6 Å². The fourth-order valence-corrected chi connectivity index (χ4v) is 3.93. The Bertz CT molecular complexity index is 634. The topological polar surface area (TPSA) is 63.4 Å². The second kappa shape index (κ2) is 5.33. The van der Waals surface area contributed by atoms with E-state index < -0.39 is 28.8 Å². The van der Waals surface area contributed by atoms with Crippen LogP contribution in [0.1, 0.15) is 18.4 Å². The highest BCUT2D eigenvalue weighted by Gasteiger charge is 2.44. The minimum atomic E-state index is -4.60. The first-order valence-electron chi connectivity index (χ1n) is 6.16. The molecule has 0 aromatic heterocycles. The van der Waals surface area contributed by atoms with Crippen LogP contribution in [0.5, 0.6) is 0 Å². The lowest BCUT2D eigenvalue weighted by atomic mass is 10.2. The fraction of sp³-hybridized carbons (Fsp3) is 0.500. The summed E-state index contributed by atoms with van der Waals surface area (Å²) in [4.78, 5) is -0.313. The van der Waals surface area contributed by atoms with Crippen molar-refractivity contribution in [1.82, 2.24) is 4.31 Å². The standard InChI is InChI=1S/C12H14ClF3N2O2S/c1-7-10(13)4-9(5-11(7)17)21(19,20)18(8-2-3-8)6-12(14,15)16/h4-5,8H,2-3,6,17H2,1H3. The monoisotopic (exact) mass is 342 g/mol. The molecule has 4 nitrogen and oxygen atoms in total. The molecule has 1 saturated carbocycles. The van der Waals surface area contributed by atoms with Crippen molar-refractivity contribution in [2.45, 2.75) is 36.9 Å². The van der Waals surface area contributed by atoms with Crippen molar-refractivity contribution in [2.75, 3.05) is 12.3 Å². The molecule has 0 atom stereocenters. The number of benzene rings is 1. The molecule has 9 heteroatoms. The summed E-state index contributed by atoms with van der Waals surface area (Å²) in [5, 5.41) is 0.108. The predicted octanol–water partition coefficient (Wildman–Crippen LogP) is 2.95. The zero-order valence-corrected chi connectivity index (χ0v) is 12.7. The molecule has 1 aliphatic rings. The summed E-state index contributed by atoms with van der Waals surface area (Å²) < 4.78 is 63.1. The molecule has 1 aromatic rings. The van der Waals surface area contributed by atoms with Crippen LogP contribution in [-0.4, -0.2) is 31.5 Å². The van der Waals surface area contributed by atoms with Gasteiger partial charge in [-0.3, -0.25) is 0 Å². The number of sulfonamides is 1. The van der Waals surface area contributed by atoms with Gasteiger partial charge in [-0.25, -0.2) is 8.42 Å². The van der Waals surface area contributed by atoms with E-state index in [1.54, 1.807) is 6.92 Å². The first-order valence-corrected chi connectivity index (χ1v) is 7.98. The molecule has 0 aliphatic heterocycles. The normalized spacial score (nSPS) is 16.5. The van der Waals surface area contributed by atoms with Crippen LogP contribution >= 0.6 is 11.6 Å². The average Bonchev–Trinajstić information content (AvgIpc) is 3.15. The number of anilines is 1. The number of hydrogen-bond acceptors (Lipinski definition) is 3. The molecule has 1 fully saturated rings. The SMILES string of the molecule is Cc1c(N)cc(S(=O)(=O)N(CC(F)(F)F)C2CC2)cc1Cl. The number of halogens is 4. The zero-order chi connectivity index (χ0) is 16.0. The minimum Gasteiger partial charge on any atom is -0.398 e. The molecule has 1 aliphatic carbocycles. The van der Waals surface area contributed by atoms with E-state index >= 15 is 0 Å². The van der Waals surface area contributed by atoms with Crippen LogP contribution in [0, 0.1) is 6.92 Å². The summed E-state index contributed by atoms with van der Waals surface area (Å²) in [6.45, 7) is 0.0911. The number of hydrogen-bond donors (Lipinski definition) is 1. The second-order valence-corrected chi connectivity index (χ2v) is 7.31. The molecule has 0 amide bonds. The molecule has 0 heterocycles. The maximum absolute atomic E-state index is 12.6. The van der Waals surface area contributed by atoms with Gasteiger partial charge in [-0.1, -0.05) is 11.6 Å². The Morgan fingerprint density at radius 1 is 1.38 bits per heavy atom. The number of nitrogens with two attached hydrogens (primary N) is 1. The highest BCUT2D eigenvalue weighted by atomic mass is 35.5. The third-order valence-electron chi connectivity index (χ3n) is 3.25. The molecule has 0 spiro atoms. The van der Waals surface area contributed by atoms with Gasteiger partial charge in [0.15, 0.2) is 0 Å². The quantitative estimate of drug-likeness (QED) is 0.856. The van der Waals surface area contributed by atoms with E-state index in [1.165, 1.54) is 0 Å². The van der Waals surface area contributed by atoms with E-state index in [4.69, 9.17) is 17.3 Å². The van der Waals surface area contributed by atoms with E-state index in [0.29, 0.717) is 22.7 Å². The molecule has 1 aromatic carbocycles. The molecule has 0 unspecified atom stereocenters. The molecule has 0 radical (unpaired) electrons. The van der Waals surface area contributed by atoms with Gasteiger partial charge in [0, 0.05) is 16.8 Å². The smallest absolute Gasteiger partial charge is 0.398 e. The van der Waals surface area contributed by atoms with Gasteiger partial charge in [-0.05, 0) is 37.5 Å². The summed E-state index contributed by atoms with van der Waals surface area (Å²) in [5.41, 5.74) is 6.27. The molecular formula is C12H14ClF3N2O2S. The van der Waals surface area contributed by atoms with Crippen molar-refractivity contribution in [3.8, 4) is 0 Å². The van der Waals surface area contributed by atoms with Crippen molar-refractivity contribution >= 4 is 27.3 Å². The Hall–Kier alpha value is -0.990. The molecule has 2 rings (SSSR count). The number of nitrogens with zero attached hydrogens (tertiary/aromatic N) is 1. The molecule has 2 N–H and O–H groups in total. The van der Waals surface area contributed by atoms with Crippen molar-refractivity contribution < 1.29 is 21.6 Å². The molecular weight excluding hydrogens is 329 g/mol. The fourth-order valence-electron chi connectivity index (χ4n) is 1.91. The van der Waals surface area contributed by atoms with Crippen LogP contribution in [-0.2, 0) is 10.0 Å². The summed E-state index contributed by atoms with van der Waals surface area (Å²) in [7, 11) is -4.28. The molecule has 0 bridgehead atoms. The molecule has 118 valence electrons. The van der Waals surface area contributed by atoms with Crippen LogP contribution in [0.15, 0.2) is 17.0 Å². The Balaban J connectivity index is 2.44. The largest absolute Gasteiger partial charge is 0.402 e. The van der Waals surface area contributed by atoms with Gasteiger partial charge in [0.1, 0.15) is 6.54 Å². The van der Waals surface area contributed by atoms with Crippen molar-refractivity contribution in [1.29, 1.82) is 0 Å². The third-order valence-corrected chi connectivity index (χ3v) is 5.52. The van der Waals surface area contributed by atoms with Crippen LogP contribution in [0.4, 0.5) is 18.9 Å². The number of nitrogen functional groups attached to an aromatic ring is 1. The van der Waals surface area contributed by atoms with Gasteiger partial charge in [0.25, 0.3) is 0 Å². The molecule has 0 saturated heterocycles. The van der Waals surface area contributed by atoms with E-state index in [-0.39, 0.29) is 15.6 Å². The van der Waals surface area contributed by atoms with E-state index in [2.05, 4.69) is 0 Å². The summed E-state index contributed by atoms with van der Waals surface area (Å²) in [6, 6.07) is 1.66. The number of rotatable bonds is 4. The van der Waals surface area contributed by atoms with Crippen LogP contribution < -0.4 is 5.73 Å².